The summed E-state index contributed by atoms with van der Waals surface area (Å²) in [6.07, 6.45) is 8.94. The van der Waals surface area contributed by atoms with Crippen molar-refractivity contribution in [1.29, 1.82) is 0 Å². The Morgan fingerprint density at radius 1 is 1.42 bits per heavy atom. The second kappa shape index (κ2) is 8.29. The zero-order chi connectivity index (χ0) is 14.1. The van der Waals surface area contributed by atoms with Crippen LogP contribution in [0.1, 0.15) is 25.5 Å². The van der Waals surface area contributed by atoms with E-state index in [1.165, 1.54) is 12.8 Å². The van der Waals surface area contributed by atoms with Gasteiger partial charge < -0.3 is 4.42 Å². The summed E-state index contributed by atoms with van der Waals surface area (Å²) in [6.45, 7) is 8.91. The van der Waals surface area contributed by atoms with Crippen LogP contribution in [0, 0.1) is 11.5 Å². The Morgan fingerprint density at radius 3 is 2.89 bits per heavy atom. The molecule has 1 aromatic heterocycles. The van der Waals surface area contributed by atoms with Crippen LogP contribution in [0.25, 0.3) is 0 Å². The summed E-state index contributed by atoms with van der Waals surface area (Å²) >= 11 is 1.69. The van der Waals surface area contributed by atoms with Crippen molar-refractivity contribution in [3.05, 3.63) is 24.1 Å². The monoisotopic (exact) mass is 293 g/mol. The molecule has 0 aliphatic carbocycles. The van der Waals surface area contributed by atoms with Gasteiger partial charge in [0.2, 0.25) is 0 Å². The van der Waals surface area contributed by atoms with Gasteiger partial charge >= 0.3 is 0 Å². The fourth-order valence-electron chi connectivity index (χ4n) is 1.25. The van der Waals surface area contributed by atoms with E-state index in [9.17, 15) is 0 Å². The van der Waals surface area contributed by atoms with Crippen molar-refractivity contribution in [1.82, 2.24) is 4.98 Å². The summed E-state index contributed by atoms with van der Waals surface area (Å²) in [5, 5.41) is 0.782. The molecular formula is C15H23NOSSi. The minimum absolute atomic E-state index is 0.766. The maximum absolute atomic E-state index is 5.64. The second-order valence-electron chi connectivity index (χ2n) is 5.42. The number of aromatic nitrogens is 1. The van der Waals surface area contributed by atoms with Crippen LogP contribution in [0.4, 0.5) is 0 Å². The van der Waals surface area contributed by atoms with Gasteiger partial charge in [-0.05, 0) is 12.5 Å². The molecule has 0 radical (unpaired) electrons. The van der Waals surface area contributed by atoms with Crippen LogP contribution in [-0.2, 0) is 6.42 Å². The molecule has 0 aliphatic heterocycles. The first-order valence-corrected chi connectivity index (χ1v) is 11.2. The van der Waals surface area contributed by atoms with Gasteiger partial charge in [-0.2, -0.15) is 0 Å². The van der Waals surface area contributed by atoms with Crippen LogP contribution in [0.2, 0.25) is 19.6 Å². The van der Waals surface area contributed by atoms with E-state index in [0.29, 0.717) is 0 Å². The highest BCUT2D eigenvalue weighted by Crippen LogP contribution is 2.19. The summed E-state index contributed by atoms with van der Waals surface area (Å²) in [6, 6.07) is 0. The number of nitrogens with zero attached hydrogens (tertiary/aromatic N) is 1. The molecule has 104 valence electrons. The predicted octanol–water partition coefficient (Wildman–Crippen LogP) is 4.55. The Hall–Kier alpha value is -0.923. The minimum atomic E-state index is -1.25. The summed E-state index contributed by atoms with van der Waals surface area (Å²) in [5.41, 5.74) is 3.30. The average molecular weight is 294 g/mol. The van der Waals surface area contributed by atoms with E-state index in [0.717, 1.165) is 23.2 Å². The van der Waals surface area contributed by atoms with Gasteiger partial charge in [0.05, 0.1) is 6.20 Å². The normalized spacial score (nSPS) is 11.6. The van der Waals surface area contributed by atoms with E-state index >= 15 is 0 Å². The highest BCUT2D eigenvalue weighted by Gasteiger charge is 2.06. The molecule has 0 aliphatic rings. The van der Waals surface area contributed by atoms with Crippen molar-refractivity contribution in [3.63, 3.8) is 0 Å². The average Bonchev–Trinajstić information content (AvgIpc) is 2.75. The SMILES string of the molecule is CCCCSc1ncc(C/C=C/C#C[Si](C)(C)C)o1. The number of thioether (sulfide) groups is 1. The molecule has 0 N–H and O–H groups in total. The Bertz CT molecular complexity index is 462. The summed E-state index contributed by atoms with van der Waals surface area (Å²) in [7, 11) is -1.25. The van der Waals surface area contributed by atoms with Crippen molar-refractivity contribution in [2.75, 3.05) is 5.75 Å². The number of rotatable bonds is 6. The Balaban J connectivity index is 2.37. The molecule has 0 fully saturated rings. The van der Waals surface area contributed by atoms with E-state index in [-0.39, 0.29) is 0 Å². The molecule has 0 aromatic carbocycles. The molecule has 1 aromatic rings. The number of unbranched alkanes of at least 4 members (excludes halogenated alkanes) is 1. The second-order valence-corrected chi connectivity index (χ2v) is 11.2. The van der Waals surface area contributed by atoms with Gasteiger partial charge in [-0.25, -0.2) is 4.98 Å². The largest absolute Gasteiger partial charge is 0.436 e. The van der Waals surface area contributed by atoms with Gasteiger partial charge in [0.1, 0.15) is 13.8 Å². The molecule has 1 heterocycles. The van der Waals surface area contributed by atoms with Crippen LogP contribution in [0.5, 0.6) is 0 Å². The first kappa shape index (κ1) is 16.1. The Morgan fingerprint density at radius 2 is 2.21 bits per heavy atom. The lowest BCUT2D eigenvalue weighted by Gasteiger charge is -2.01. The van der Waals surface area contributed by atoms with Gasteiger partial charge in [-0.15, -0.1) is 5.54 Å². The number of hydrogen-bond donors (Lipinski definition) is 0. The van der Waals surface area contributed by atoms with Crippen LogP contribution in [0.3, 0.4) is 0 Å². The van der Waals surface area contributed by atoms with E-state index in [4.69, 9.17) is 4.42 Å². The number of allylic oxidation sites excluding steroid dienone is 2. The molecule has 0 unspecified atom stereocenters. The first-order valence-electron chi connectivity index (χ1n) is 6.76. The zero-order valence-corrected chi connectivity index (χ0v) is 14.1. The van der Waals surface area contributed by atoms with E-state index in [1.54, 1.807) is 11.8 Å². The van der Waals surface area contributed by atoms with Crippen LogP contribution < -0.4 is 0 Å². The molecule has 2 nitrogen and oxygen atoms in total. The topological polar surface area (TPSA) is 26.0 Å². The molecule has 0 saturated heterocycles. The predicted molar refractivity (Wildman–Crippen MR) is 86.1 cm³/mol. The van der Waals surface area contributed by atoms with Crippen molar-refractivity contribution in [2.45, 2.75) is 51.0 Å². The smallest absolute Gasteiger partial charge is 0.255 e. The molecule has 0 atom stereocenters. The fraction of sp³-hybridized carbons (Fsp3) is 0.533. The lowest BCUT2D eigenvalue weighted by atomic mass is 10.3. The van der Waals surface area contributed by atoms with Crippen LogP contribution in [0.15, 0.2) is 28.0 Å². The quantitative estimate of drug-likeness (QED) is 0.333. The van der Waals surface area contributed by atoms with Crippen LogP contribution >= 0.6 is 11.8 Å². The van der Waals surface area contributed by atoms with Crippen molar-refractivity contribution >= 4 is 19.8 Å². The van der Waals surface area contributed by atoms with Crippen molar-refractivity contribution in [2.24, 2.45) is 0 Å². The van der Waals surface area contributed by atoms with Gasteiger partial charge in [0.25, 0.3) is 5.22 Å². The summed E-state index contributed by atoms with van der Waals surface area (Å²) < 4.78 is 5.64. The van der Waals surface area contributed by atoms with E-state index < -0.39 is 8.07 Å². The molecule has 0 bridgehead atoms. The molecule has 0 spiro atoms. The Labute approximate surface area is 122 Å². The lowest BCUT2D eigenvalue weighted by Crippen LogP contribution is -2.16. The Kier molecular flexibility index (Phi) is 7.04. The number of oxazole rings is 1. The van der Waals surface area contributed by atoms with Crippen molar-refractivity contribution in [3.8, 4) is 11.5 Å². The van der Waals surface area contributed by atoms with Gasteiger partial charge in [0, 0.05) is 12.2 Å². The third kappa shape index (κ3) is 7.96. The van der Waals surface area contributed by atoms with Gasteiger partial charge in [0.15, 0.2) is 0 Å². The molecule has 0 saturated carbocycles. The molecule has 1 rings (SSSR count). The maximum atomic E-state index is 5.64. The van der Waals surface area contributed by atoms with E-state index in [2.05, 4.69) is 43.0 Å². The lowest BCUT2D eigenvalue weighted by molar-refractivity contribution is 0.424. The first-order chi connectivity index (χ1) is 9.01. The van der Waals surface area contributed by atoms with E-state index in [1.807, 2.05) is 18.3 Å². The van der Waals surface area contributed by atoms with Crippen LogP contribution in [-0.4, -0.2) is 18.8 Å². The minimum Gasteiger partial charge on any atom is -0.436 e. The molecular weight excluding hydrogens is 270 g/mol. The standard InChI is InChI=1S/C15H23NOSSi/c1-5-6-11-18-15-16-13-14(17-15)10-8-7-9-12-19(2,3)4/h7-8,13H,5-6,10-11H2,1-4H3/b8-7+. The van der Waals surface area contributed by atoms with Crippen molar-refractivity contribution < 1.29 is 4.42 Å². The zero-order valence-electron chi connectivity index (χ0n) is 12.3. The third-order valence-corrected chi connectivity index (χ3v) is 4.05. The highest BCUT2D eigenvalue weighted by molar-refractivity contribution is 7.99. The number of hydrogen-bond acceptors (Lipinski definition) is 3. The maximum Gasteiger partial charge on any atom is 0.255 e. The highest BCUT2D eigenvalue weighted by atomic mass is 32.2. The van der Waals surface area contributed by atoms with Gasteiger partial charge in [-0.1, -0.05) is 56.7 Å². The molecule has 0 amide bonds. The molecule has 4 heteroatoms. The molecule has 19 heavy (non-hydrogen) atoms. The summed E-state index contributed by atoms with van der Waals surface area (Å²) in [4.78, 5) is 4.26. The fourth-order valence-corrected chi connectivity index (χ4v) is 2.66. The third-order valence-electron chi connectivity index (χ3n) is 2.22. The van der Waals surface area contributed by atoms with Gasteiger partial charge in [-0.3, -0.25) is 0 Å². The summed E-state index contributed by atoms with van der Waals surface area (Å²) in [5.74, 6) is 5.09.